The average Bonchev–Trinajstić information content (AvgIpc) is 3.16. The Labute approximate surface area is 170 Å². The smallest absolute Gasteiger partial charge is 0.224 e. The van der Waals surface area contributed by atoms with E-state index in [-0.39, 0.29) is 12.5 Å². The Bertz CT molecular complexity index is 908. The molecule has 1 amide bonds. The summed E-state index contributed by atoms with van der Waals surface area (Å²) in [6, 6.07) is 15.4. The first-order valence-electron chi connectivity index (χ1n) is 9.86. The minimum absolute atomic E-state index is 0.0265. The van der Waals surface area contributed by atoms with Crippen LogP contribution in [0, 0.1) is 0 Å². The summed E-state index contributed by atoms with van der Waals surface area (Å²) in [5.74, 6) is 0.651. The zero-order valence-corrected chi connectivity index (χ0v) is 16.7. The van der Waals surface area contributed by atoms with Crippen LogP contribution in [0.5, 0.6) is 5.75 Å². The van der Waals surface area contributed by atoms with Crippen molar-refractivity contribution in [3.8, 4) is 5.75 Å². The molecule has 0 aliphatic carbocycles. The summed E-state index contributed by atoms with van der Waals surface area (Å²) >= 11 is 0. The van der Waals surface area contributed by atoms with E-state index in [4.69, 9.17) is 4.74 Å². The van der Waals surface area contributed by atoms with Gasteiger partial charge < -0.3 is 25.0 Å². The second-order valence-electron chi connectivity index (χ2n) is 6.94. The SMILES string of the molecule is CNC(=O)Cc1ccc(OCC(O)CNCCCn2cnc3ccccc32)cc1. The van der Waals surface area contributed by atoms with Crippen LogP contribution in [-0.2, 0) is 17.8 Å². The highest BCUT2D eigenvalue weighted by Crippen LogP contribution is 2.13. The van der Waals surface area contributed by atoms with Crippen molar-refractivity contribution in [2.24, 2.45) is 0 Å². The molecule has 154 valence electrons. The van der Waals surface area contributed by atoms with E-state index in [0.717, 1.165) is 36.1 Å². The maximum Gasteiger partial charge on any atom is 0.224 e. The number of carbonyl (C=O) groups excluding carboxylic acids is 1. The number of nitrogens with one attached hydrogen (secondary N) is 2. The summed E-state index contributed by atoms with van der Waals surface area (Å²) in [6.07, 6.45) is 2.57. The Balaban J connectivity index is 1.31. The lowest BCUT2D eigenvalue weighted by Gasteiger charge is -2.14. The van der Waals surface area contributed by atoms with Crippen LogP contribution < -0.4 is 15.4 Å². The number of benzene rings is 2. The van der Waals surface area contributed by atoms with Gasteiger partial charge in [0.1, 0.15) is 18.5 Å². The van der Waals surface area contributed by atoms with Crippen LogP contribution in [0.2, 0.25) is 0 Å². The number of hydrogen-bond acceptors (Lipinski definition) is 5. The molecule has 1 heterocycles. The molecule has 7 heteroatoms. The number of aliphatic hydroxyl groups is 1. The molecule has 3 aromatic rings. The molecule has 2 aromatic carbocycles. The molecule has 3 N–H and O–H groups in total. The van der Waals surface area contributed by atoms with E-state index in [0.29, 0.717) is 18.7 Å². The molecule has 0 aliphatic rings. The van der Waals surface area contributed by atoms with Gasteiger partial charge in [-0.15, -0.1) is 0 Å². The zero-order chi connectivity index (χ0) is 20.5. The van der Waals surface area contributed by atoms with Crippen LogP contribution >= 0.6 is 0 Å². The van der Waals surface area contributed by atoms with Gasteiger partial charge in [0, 0.05) is 20.1 Å². The summed E-state index contributed by atoms with van der Waals surface area (Å²) in [5, 5.41) is 15.9. The highest BCUT2D eigenvalue weighted by Gasteiger charge is 2.06. The molecule has 1 aromatic heterocycles. The summed E-state index contributed by atoms with van der Waals surface area (Å²) in [4.78, 5) is 15.8. The van der Waals surface area contributed by atoms with E-state index in [1.807, 2.05) is 48.8 Å². The fraction of sp³-hybridized carbons (Fsp3) is 0.364. The average molecular weight is 396 g/mol. The summed E-state index contributed by atoms with van der Waals surface area (Å²) in [5.41, 5.74) is 3.07. The molecule has 0 spiro atoms. The van der Waals surface area contributed by atoms with Crippen molar-refractivity contribution >= 4 is 16.9 Å². The second-order valence-corrected chi connectivity index (χ2v) is 6.94. The van der Waals surface area contributed by atoms with Crippen LogP contribution in [0.15, 0.2) is 54.9 Å². The van der Waals surface area contributed by atoms with Gasteiger partial charge in [-0.2, -0.15) is 0 Å². The van der Waals surface area contributed by atoms with Crippen molar-refractivity contribution in [2.45, 2.75) is 25.5 Å². The van der Waals surface area contributed by atoms with Crippen LogP contribution in [0.4, 0.5) is 0 Å². The Morgan fingerprint density at radius 3 is 2.79 bits per heavy atom. The van der Waals surface area contributed by atoms with Crippen molar-refractivity contribution < 1.29 is 14.6 Å². The lowest BCUT2D eigenvalue weighted by atomic mass is 10.1. The van der Waals surface area contributed by atoms with E-state index in [1.54, 1.807) is 7.05 Å². The number of carbonyl (C=O) groups is 1. The summed E-state index contributed by atoms with van der Waals surface area (Å²) in [7, 11) is 1.62. The molecule has 0 radical (unpaired) electrons. The van der Waals surface area contributed by atoms with Gasteiger partial charge in [-0.3, -0.25) is 4.79 Å². The van der Waals surface area contributed by atoms with Crippen LogP contribution in [0.25, 0.3) is 11.0 Å². The van der Waals surface area contributed by atoms with E-state index < -0.39 is 6.10 Å². The van der Waals surface area contributed by atoms with E-state index in [1.165, 1.54) is 0 Å². The molecule has 0 aliphatic heterocycles. The molecule has 29 heavy (non-hydrogen) atoms. The maximum atomic E-state index is 11.4. The summed E-state index contributed by atoms with van der Waals surface area (Å²) < 4.78 is 7.76. The van der Waals surface area contributed by atoms with Gasteiger partial charge in [-0.25, -0.2) is 4.98 Å². The molecule has 3 rings (SSSR count). The first-order chi connectivity index (χ1) is 14.2. The van der Waals surface area contributed by atoms with Crippen LogP contribution in [0.1, 0.15) is 12.0 Å². The summed E-state index contributed by atoms with van der Waals surface area (Å²) in [6.45, 7) is 2.37. The van der Waals surface area contributed by atoms with Gasteiger partial charge >= 0.3 is 0 Å². The number of amides is 1. The van der Waals surface area contributed by atoms with Crippen molar-refractivity contribution in [2.75, 3.05) is 26.7 Å². The number of likely N-dealkylation sites (N-methyl/N-ethyl adjacent to an activating group) is 1. The highest BCUT2D eigenvalue weighted by atomic mass is 16.5. The quantitative estimate of drug-likeness (QED) is 0.430. The van der Waals surface area contributed by atoms with Crippen molar-refractivity contribution in [1.82, 2.24) is 20.2 Å². The Kier molecular flexibility index (Phi) is 7.61. The Morgan fingerprint density at radius 1 is 1.21 bits per heavy atom. The lowest BCUT2D eigenvalue weighted by molar-refractivity contribution is -0.119. The molecular formula is C22H28N4O3. The predicted molar refractivity (Wildman–Crippen MR) is 113 cm³/mol. The third kappa shape index (κ3) is 6.30. The van der Waals surface area contributed by atoms with E-state index >= 15 is 0 Å². The second kappa shape index (κ2) is 10.6. The minimum atomic E-state index is -0.588. The standard InChI is InChI=1S/C22H28N4O3/c1-23-22(28)13-17-7-9-19(10-8-17)29-15-18(27)14-24-11-4-12-26-16-25-20-5-2-3-6-21(20)26/h2-3,5-10,16,18,24,27H,4,11-15H2,1H3,(H,23,28). The maximum absolute atomic E-state index is 11.4. The first kappa shape index (κ1) is 20.8. The fourth-order valence-electron chi connectivity index (χ4n) is 3.06. The van der Waals surface area contributed by atoms with Crippen LogP contribution in [0.3, 0.4) is 0 Å². The Hall–Kier alpha value is -2.90. The van der Waals surface area contributed by atoms with E-state index in [9.17, 15) is 9.90 Å². The predicted octanol–water partition coefficient (Wildman–Crippen LogP) is 1.74. The number of fused-ring (bicyclic) bond motifs is 1. The molecule has 0 saturated carbocycles. The lowest BCUT2D eigenvalue weighted by Crippen LogP contribution is -2.32. The minimum Gasteiger partial charge on any atom is -0.491 e. The number of aryl methyl sites for hydroxylation is 1. The number of imidazole rings is 1. The molecule has 1 atom stereocenters. The Morgan fingerprint density at radius 2 is 2.00 bits per heavy atom. The molecule has 1 unspecified atom stereocenters. The topological polar surface area (TPSA) is 88.4 Å². The van der Waals surface area contributed by atoms with Gasteiger partial charge in [0.2, 0.25) is 5.91 Å². The van der Waals surface area contributed by atoms with Crippen LogP contribution in [-0.4, -0.2) is 53.4 Å². The number of ether oxygens (including phenoxy) is 1. The van der Waals surface area contributed by atoms with Gasteiger partial charge in [0.05, 0.1) is 23.8 Å². The van der Waals surface area contributed by atoms with Crippen molar-refractivity contribution in [3.05, 3.63) is 60.4 Å². The molecular weight excluding hydrogens is 368 g/mol. The number of para-hydroxylation sites is 2. The third-order valence-corrected chi connectivity index (χ3v) is 4.67. The molecule has 0 fully saturated rings. The third-order valence-electron chi connectivity index (χ3n) is 4.67. The monoisotopic (exact) mass is 396 g/mol. The number of rotatable bonds is 11. The zero-order valence-electron chi connectivity index (χ0n) is 16.7. The number of aromatic nitrogens is 2. The first-order valence-corrected chi connectivity index (χ1v) is 9.86. The number of nitrogens with zero attached hydrogens (tertiary/aromatic N) is 2. The molecule has 0 saturated heterocycles. The fourth-order valence-corrected chi connectivity index (χ4v) is 3.06. The van der Waals surface area contributed by atoms with Gasteiger partial charge in [0.25, 0.3) is 0 Å². The largest absolute Gasteiger partial charge is 0.491 e. The number of hydrogen-bond donors (Lipinski definition) is 3. The normalized spacial score (nSPS) is 12.1. The van der Waals surface area contributed by atoms with Gasteiger partial charge in [-0.05, 0) is 42.8 Å². The highest BCUT2D eigenvalue weighted by molar-refractivity contribution is 5.78. The molecule has 7 nitrogen and oxygen atoms in total. The van der Waals surface area contributed by atoms with Gasteiger partial charge in [-0.1, -0.05) is 24.3 Å². The van der Waals surface area contributed by atoms with E-state index in [2.05, 4.69) is 26.3 Å². The van der Waals surface area contributed by atoms with Crippen molar-refractivity contribution in [3.63, 3.8) is 0 Å². The molecule has 0 bridgehead atoms. The van der Waals surface area contributed by atoms with Gasteiger partial charge in [0.15, 0.2) is 0 Å². The number of aliphatic hydroxyl groups excluding tert-OH is 1. The van der Waals surface area contributed by atoms with Crippen molar-refractivity contribution in [1.29, 1.82) is 0 Å².